The lowest BCUT2D eigenvalue weighted by atomic mass is 9.85. The number of nitrogens with zero attached hydrogens (tertiary/aromatic N) is 1. The molecule has 2 aromatic carbocycles. The Morgan fingerprint density at radius 3 is 2.52 bits per heavy atom. The highest BCUT2D eigenvalue weighted by atomic mass is 16.5. The van der Waals surface area contributed by atoms with Crippen molar-refractivity contribution in [1.29, 1.82) is 5.26 Å². The van der Waals surface area contributed by atoms with Crippen LogP contribution in [0.4, 0.5) is 0 Å². The second kappa shape index (κ2) is 6.66. The number of Topliss-reactive ketones (excluding diaryl/α,β-unsaturated/α-hetero) is 1. The highest BCUT2D eigenvalue weighted by Crippen LogP contribution is 2.31. The van der Waals surface area contributed by atoms with Crippen LogP contribution < -0.4 is 4.74 Å². The fraction of sp³-hybridized carbons (Fsp3) is 0.300. The number of nitriles is 1. The van der Waals surface area contributed by atoms with Gasteiger partial charge < -0.3 is 4.74 Å². The number of carbonyl (C=O) groups excluding carboxylic acids is 1. The molecule has 0 heterocycles. The number of fused-ring (bicyclic) bond motifs is 1. The summed E-state index contributed by atoms with van der Waals surface area (Å²) in [6.07, 6.45) is 1.65. The third-order valence-electron chi connectivity index (χ3n) is 3.57. The first-order valence-corrected chi connectivity index (χ1v) is 7.69. The van der Waals surface area contributed by atoms with Crippen LogP contribution in [-0.2, 0) is 4.79 Å². The lowest BCUT2D eigenvalue weighted by molar-refractivity contribution is -0.121. The zero-order valence-corrected chi connectivity index (χ0v) is 14.0. The Kier molecular flexibility index (Phi) is 4.86. The fourth-order valence-corrected chi connectivity index (χ4v) is 2.40. The van der Waals surface area contributed by atoms with Crippen LogP contribution in [0.3, 0.4) is 0 Å². The first-order valence-electron chi connectivity index (χ1n) is 7.69. The van der Waals surface area contributed by atoms with Gasteiger partial charge in [0.15, 0.2) is 5.78 Å². The molecule has 0 atom stereocenters. The Balaban J connectivity index is 2.69. The molecule has 118 valence electrons. The topological polar surface area (TPSA) is 50.1 Å². The van der Waals surface area contributed by atoms with Crippen LogP contribution in [0.25, 0.3) is 16.8 Å². The molecular weight excluding hydrogens is 286 g/mol. The van der Waals surface area contributed by atoms with Crippen molar-refractivity contribution in [2.24, 2.45) is 5.41 Å². The average molecular weight is 307 g/mol. The van der Waals surface area contributed by atoms with E-state index >= 15 is 0 Å². The predicted molar refractivity (Wildman–Crippen MR) is 93.2 cm³/mol. The monoisotopic (exact) mass is 307 g/mol. The van der Waals surface area contributed by atoms with Crippen LogP contribution in [0.5, 0.6) is 5.75 Å². The molecule has 0 unspecified atom stereocenters. The molecule has 0 aliphatic carbocycles. The van der Waals surface area contributed by atoms with Gasteiger partial charge in [0, 0.05) is 11.0 Å². The number of rotatable bonds is 4. The van der Waals surface area contributed by atoms with Crippen LogP contribution in [0.15, 0.2) is 42.0 Å². The molecule has 3 heteroatoms. The molecule has 2 rings (SSSR count). The molecule has 2 aromatic rings. The molecule has 0 spiro atoms. The van der Waals surface area contributed by atoms with Crippen molar-refractivity contribution in [3.63, 3.8) is 0 Å². The van der Waals surface area contributed by atoms with Gasteiger partial charge in [-0.2, -0.15) is 5.26 Å². The summed E-state index contributed by atoms with van der Waals surface area (Å²) in [4.78, 5) is 12.5. The number of hydrogen-bond acceptors (Lipinski definition) is 3. The van der Waals surface area contributed by atoms with Crippen LogP contribution in [0, 0.1) is 16.7 Å². The minimum atomic E-state index is -0.599. The van der Waals surface area contributed by atoms with Crippen molar-refractivity contribution in [3.05, 3.63) is 47.5 Å². The van der Waals surface area contributed by atoms with E-state index in [1.165, 1.54) is 0 Å². The molecule has 0 bridgehead atoms. The average Bonchev–Trinajstić information content (AvgIpc) is 2.52. The molecule has 0 amide bonds. The lowest BCUT2D eigenvalue weighted by Gasteiger charge is -2.16. The van der Waals surface area contributed by atoms with Crippen LogP contribution in [0.1, 0.15) is 33.3 Å². The molecule has 0 radical (unpaired) electrons. The second-order valence-electron chi connectivity index (χ2n) is 6.38. The van der Waals surface area contributed by atoms with Crippen molar-refractivity contribution in [3.8, 4) is 11.8 Å². The van der Waals surface area contributed by atoms with Gasteiger partial charge in [-0.05, 0) is 29.8 Å². The highest BCUT2D eigenvalue weighted by molar-refractivity contribution is 6.08. The number of ether oxygens (including phenoxy) is 1. The summed E-state index contributed by atoms with van der Waals surface area (Å²) in [5.74, 6) is 0.510. The molecule has 0 saturated carbocycles. The van der Waals surface area contributed by atoms with Gasteiger partial charge in [-0.15, -0.1) is 0 Å². The normalized spacial score (nSPS) is 12.0. The number of hydrogen-bond donors (Lipinski definition) is 0. The summed E-state index contributed by atoms with van der Waals surface area (Å²) in [7, 11) is 0. The van der Waals surface area contributed by atoms with Crippen molar-refractivity contribution in [1.82, 2.24) is 0 Å². The maximum Gasteiger partial charge on any atom is 0.178 e. The van der Waals surface area contributed by atoms with E-state index in [2.05, 4.69) is 0 Å². The molecule has 0 fully saturated rings. The maximum atomic E-state index is 12.5. The smallest absolute Gasteiger partial charge is 0.178 e. The molecule has 3 nitrogen and oxygen atoms in total. The van der Waals surface area contributed by atoms with E-state index in [-0.39, 0.29) is 11.4 Å². The lowest BCUT2D eigenvalue weighted by Crippen LogP contribution is -2.21. The highest BCUT2D eigenvalue weighted by Gasteiger charge is 2.25. The fourth-order valence-electron chi connectivity index (χ4n) is 2.40. The number of allylic oxidation sites excluding steroid dienone is 1. The number of benzene rings is 2. The third-order valence-corrected chi connectivity index (χ3v) is 3.57. The van der Waals surface area contributed by atoms with Crippen LogP contribution in [0.2, 0.25) is 0 Å². The first kappa shape index (κ1) is 16.8. The van der Waals surface area contributed by atoms with Gasteiger partial charge in [0.2, 0.25) is 0 Å². The van der Waals surface area contributed by atoms with Gasteiger partial charge in [-0.1, -0.05) is 51.1 Å². The summed E-state index contributed by atoms with van der Waals surface area (Å²) >= 11 is 0. The van der Waals surface area contributed by atoms with Crippen molar-refractivity contribution in [2.75, 3.05) is 6.61 Å². The molecule has 0 aromatic heterocycles. The molecule has 0 N–H and O–H groups in total. The van der Waals surface area contributed by atoms with E-state index in [1.54, 1.807) is 6.08 Å². The standard InChI is InChI=1S/C20H21NO2/c1-5-23-18-11-10-14-8-6-7-9-16(14)17(18)12-15(13-21)19(22)20(2,3)4/h6-12H,5H2,1-4H3/b15-12+. The molecule has 0 aliphatic rings. The molecular formula is C20H21NO2. The second-order valence-corrected chi connectivity index (χ2v) is 6.38. The Bertz CT molecular complexity index is 804. The minimum absolute atomic E-state index is 0.148. The van der Waals surface area contributed by atoms with E-state index < -0.39 is 5.41 Å². The summed E-state index contributed by atoms with van der Waals surface area (Å²) in [6.45, 7) is 7.87. The van der Waals surface area contributed by atoms with Crippen LogP contribution in [-0.4, -0.2) is 12.4 Å². The predicted octanol–water partition coefficient (Wildman–Crippen LogP) is 4.76. The van der Waals surface area contributed by atoms with Gasteiger partial charge in [-0.25, -0.2) is 0 Å². The zero-order valence-electron chi connectivity index (χ0n) is 14.0. The van der Waals surface area contributed by atoms with E-state index in [0.717, 1.165) is 16.3 Å². The van der Waals surface area contributed by atoms with Crippen molar-refractivity contribution >= 4 is 22.6 Å². The van der Waals surface area contributed by atoms with Gasteiger partial charge in [0.1, 0.15) is 11.8 Å². The molecule has 23 heavy (non-hydrogen) atoms. The SMILES string of the molecule is CCOc1ccc2ccccc2c1/C=C(\C#N)C(=O)C(C)(C)C. The Labute approximate surface area is 137 Å². The van der Waals surface area contributed by atoms with Crippen molar-refractivity contribution in [2.45, 2.75) is 27.7 Å². The van der Waals surface area contributed by atoms with E-state index in [0.29, 0.717) is 12.4 Å². The van der Waals surface area contributed by atoms with Gasteiger partial charge in [0.25, 0.3) is 0 Å². The van der Waals surface area contributed by atoms with Crippen molar-refractivity contribution < 1.29 is 9.53 Å². The summed E-state index contributed by atoms with van der Waals surface area (Å²) < 4.78 is 5.69. The summed E-state index contributed by atoms with van der Waals surface area (Å²) in [5.41, 5.74) is 0.326. The van der Waals surface area contributed by atoms with Gasteiger partial charge in [0.05, 0.1) is 12.2 Å². The third kappa shape index (κ3) is 3.60. The largest absolute Gasteiger partial charge is 0.493 e. The molecule has 0 saturated heterocycles. The number of ketones is 1. The quantitative estimate of drug-likeness (QED) is 0.604. The summed E-state index contributed by atoms with van der Waals surface area (Å²) in [5, 5.41) is 11.4. The Hall–Kier alpha value is -2.60. The Morgan fingerprint density at radius 1 is 1.22 bits per heavy atom. The maximum absolute atomic E-state index is 12.5. The van der Waals surface area contributed by atoms with E-state index in [4.69, 9.17) is 4.74 Å². The zero-order chi connectivity index (χ0) is 17.0. The van der Waals surface area contributed by atoms with E-state index in [1.807, 2.05) is 70.2 Å². The minimum Gasteiger partial charge on any atom is -0.493 e. The van der Waals surface area contributed by atoms with Gasteiger partial charge in [-0.3, -0.25) is 4.79 Å². The molecule has 0 aliphatic heterocycles. The van der Waals surface area contributed by atoms with E-state index in [9.17, 15) is 10.1 Å². The Morgan fingerprint density at radius 2 is 1.91 bits per heavy atom. The summed E-state index contributed by atoms with van der Waals surface area (Å²) in [6, 6.07) is 13.8. The number of carbonyl (C=O) groups is 1. The first-order chi connectivity index (χ1) is 10.9. The van der Waals surface area contributed by atoms with Gasteiger partial charge >= 0.3 is 0 Å². The van der Waals surface area contributed by atoms with Crippen LogP contribution >= 0.6 is 0 Å².